The molecule has 1 N–H and O–H groups in total. The van der Waals surface area contributed by atoms with Gasteiger partial charge >= 0.3 is 0 Å². The molecule has 19 heavy (non-hydrogen) atoms. The lowest BCUT2D eigenvalue weighted by molar-refractivity contribution is 0.177. The molecule has 5 heteroatoms. The Balaban J connectivity index is 2.23. The standard InChI is InChI=1S/C14H10BrClF2O/c15-13-10(5-6-11(17)14(13)18)12(19)7-8-1-3-9(16)4-2-8/h1-6,12,19H,7H2. The molecule has 2 aromatic carbocycles. The molecule has 100 valence electrons. The molecule has 0 heterocycles. The van der Waals surface area contributed by atoms with Gasteiger partial charge in [0.15, 0.2) is 11.6 Å². The molecule has 0 aliphatic rings. The lowest BCUT2D eigenvalue weighted by Crippen LogP contribution is -2.04. The molecule has 0 saturated carbocycles. The van der Waals surface area contributed by atoms with E-state index in [4.69, 9.17) is 11.6 Å². The van der Waals surface area contributed by atoms with Gasteiger partial charge in [0.05, 0.1) is 10.6 Å². The highest BCUT2D eigenvalue weighted by Crippen LogP contribution is 2.29. The highest BCUT2D eigenvalue weighted by molar-refractivity contribution is 9.10. The Kier molecular flexibility index (Phi) is 4.55. The summed E-state index contributed by atoms with van der Waals surface area (Å²) in [4.78, 5) is 0. The van der Waals surface area contributed by atoms with Crippen molar-refractivity contribution in [1.82, 2.24) is 0 Å². The first-order valence-corrected chi connectivity index (χ1v) is 6.72. The van der Waals surface area contributed by atoms with Crippen molar-refractivity contribution in [3.8, 4) is 0 Å². The van der Waals surface area contributed by atoms with Crippen molar-refractivity contribution in [2.45, 2.75) is 12.5 Å². The van der Waals surface area contributed by atoms with Crippen LogP contribution >= 0.6 is 27.5 Å². The van der Waals surface area contributed by atoms with E-state index in [1.807, 2.05) is 0 Å². The van der Waals surface area contributed by atoms with Crippen LogP contribution < -0.4 is 0 Å². The van der Waals surface area contributed by atoms with Gasteiger partial charge in [-0.15, -0.1) is 0 Å². The summed E-state index contributed by atoms with van der Waals surface area (Å²) in [5.74, 6) is -1.94. The third-order valence-corrected chi connectivity index (χ3v) is 3.82. The van der Waals surface area contributed by atoms with Gasteiger partial charge in [-0.3, -0.25) is 0 Å². The Morgan fingerprint density at radius 2 is 1.74 bits per heavy atom. The van der Waals surface area contributed by atoms with Crippen molar-refractivity contribution in [3.05, 3.63) is 68.7 Å². The van der Waals surface area contributed by atoms with Gasteiger partial charge in [0, 0.05) is 11.4 Å². The second kappa shape index (κ2) is 5.99. The summed E-state index contributed by atoms with van der Waals surface area (Å²) >= 11 is 8.73. The molecule has 2 aromatic rings. The zero-order valence-electron chi connectivity index (χ0n) is 9.71. The van der Waals surface area contributed by atoms with Crippen LogP contribution in [0.5, 0.6) is 0 Å². The fourth-order valence-corrected chi connectivity index (χ4v) is 2.46. The molecule has 2 rings (SSSR count). The van der Waals surface area contributed by atoms with Gasteiger partial charge in [0.25, 0.3) is 0 Å². The first-order valence-electron chi connectivity index (χ1n) is 5.55. The number of rotatable bonds is 3. The van der Waals surface area contributed by atoms with E-state index in [1.165, 1.54) is 6.07 Å². The second-order valence-corrected chi connectivity index (χ2v) is 5.34. The van der Waals surface area contributed by atoms with E-state index in [0.717, 1.165) is 11.6 Å². The number of aliphatic hydroxyl groups excluding tert-OH is 1. The molecule has 0 spiro atoms. The molecule has 0 aliphatic carbocycles. The minimum atomic E-state index is -0.993. The first-order chi connectivity index (χ1) is 8.99. The largest absolute Gasteiger partial charge is 0.388 e. The zero-order chi connectivity index (χ0) is 14.0. The summed E-state index contributed by atoms with van der Waals surface area (Å²) in [6.45, 7) is 0. The minimum Gasteiger partial charge on any atom is -0.388 e. The maximum atomic E-state index is 13.4. The normalized spacial score (nSPS) is 12.5. The summed E-state index contributed by atoms with van der Waals surface area (Å²) in [5.41, 5.74) is 1.17. The Hall–Kier alpha value is -0.970. The highest BCUT2D eigenvalue weighted by Gasteiger charge is 2.17. The van der Waals surface area contributed by atoms with Crippen LogP contribution in [0.3, 0.4) is 0 Å². The van der Waals surface area contributed by atoms with Crippen LogP contribution in [0, 0.1) is 11.6 Å². The van der Waals surface area contributed by atoms with Gasteiger partial charge < -0.3 is 5.11 Å². The highest BCUT2D eigenvalue weighted by atomic mass is 79.9. The zero-order valence-corrected chi connectivity index (χ0v) is 12.0. The summed E-state index contributed by atoms with van der Waals surface area (Å²) in [6.07, 6.45) is -0.633. The maximum absolute atomic E-state index is 13.4. The van der Waals surface area contributed by atoms with Crippen LogP contribution in [-0.2, 0) is 6.42 Å². The SMILES string of the molecule is OC(Cc1ccc(Cl)cc1)c1ccc(F)c(F)c1Br. The van der Waals surface area contributed by atoms with Crippen LogP contribution in [0.15, 0.2) is 40.9 Å². The van der Waals surface area contributed by atoms with Crippen molar-refractivity contribution in [2.24, 2.45) is 0 Å². The molecule has 0 amide bonds. The van der Waals surface area contributed by atoms with Gasteiger partial charge in [0.1, 0.15) is 0 Å². The molecule has 0 bridgehead atoms. The van der Waals surface area contributed by atoms with E-state index >= 15 is 0 Å². The minimum absolute atomic E-state index is 0.0473. The molecule has 0 aromatic heterocycles. The predicted octanol–water partition coefficient (Wildman–Crippen LogP) is 4.66. The van der Waals surface area contributed by atoms with E-state index in [9.17, 15) is 13.9 Å². The molecule has 1 unspecified atom stereocenters. The van der Waals surface area contributed by atoms with Crippen molar-refractivity contribution in [1.29, 1.82) is 0 Å². The Labute approximate surface area is 123 Å². The average molecular weight is 348 g/mol. The van der Waals surface area contributed by atoms with Crippen molar-refractivity contribution < 1.29 is 13.9 Å². The second-order valence-electron chi connectivity index (χ2n) is 4.11. The molecule has 1 nitrogen and oxygen atoms in total. The van der Waals surface area contributed by atoms with Crippen molar-refractivity contribution in [3.63, 3.8) is 0 Å². The third-order valence-electron chi connectivity index (χ3n) is 2.77. The maximum Gasteiger partial charge on any atom is 0.173 e. The van der Waals surface area contributed by atoms with Crippen LogP contribution in [0.25, 0.3) is 0 Å². The van der Waals surface area contributed by atoms with E-state index in [2.05, 4.69) is 15.9 Å². The number of aliphatic hydroxyl groups is 1. The van der Waals surface area contributed by atoms with Gasteiger partial charge in [-0.1, -0.05) is 29.8 Å². The topological polar surface area (TPSA) is 20.2 Å². The molecule has 0 radical (unpaired) electrons. The number of hydrogen-bond donors (Lipinski definition) is 1. The van der Waals surface area contributed by atoms with Gasteiger partial charge in [-0.25, -0.2) is 8.78 Å². The molecule has 0 saturated heterocycles. The van der Waals surface area contributed by atoms with Crippen molar-refractivity contribution in [2.75, 3.05) is 0 Å². The lowest BCUT2D eigenvalue weighted by Gasteiger charge is -2.13. The van der Waals surface area contributed by atoms with Crippen LogP contribution in [0.4, 0.5) is 8.78 Å². The third kappa shape index (κ3) is 3.32. The van der Waals surface area contributed by atoms with Crippen LogP contribution in [0.2, 0.25) is 5.02 Å². The van der Waals surface area contributed by atoms with Crippen LogP contribution in [0.1, 0.15) is 17.2 Å². The van der Waals surface area contributed by atoms with Gasteiger partial charge in [-0.05, 0) is 45.3 Å². The number of hydrogen-bond acceptors (Lipinski definition) is 1. The Bertz CT molecular complexity index is 587. The van der Waals surface area contributed by atoms with E-state index < -0.39 is 17.7 Å². The molecular formula is C14H10BrClF2O. The monoisotopic (exact) mass is 346 g/mol. The Morgan fingerprint density at radius 1 is 1.11 bits per heavy atom. The van der Waals surface area contributed by atoms with E-state index in [-0.39, 0.29) is 4.47 Å². The molecule has 0 aliphatic heterocycles. The lowest BCUT2D eigenvalue weighted by atomic mass is 10.0. The molecular weight excluding hydrogens is 338 g/mol. The smallest absolute Gasteiger partial charge is 0.173 e. The van der Waals surface area contributed by atoms with Crippen molar-refractivity contribution >= 4 is 27.5 Å². The summed E-state index contributed by atoms with van der Waals surface area (Å²) in [7, 11) is 0. The van der Waals surface area contributed by atoms with Gasteiger partial charge in [-0.2, -0.15) is 0 Å². The first kappa shape index (κ1) is 14.4. The summed E-state index contributed by atoms with van der Waals surface area (Å²) in [6, 6.07) is 9.34. The average Bonchev–Trinajstić information content (AvgIpc) is 2.39. The Morgan fingerprint density at radius 3 is 2.37 bits per heavy atom. The summed E-state index contributed by atoms with van der Waals surface area (Å²) in [5, 5.41) is 10.7. The van der Waals surface area contributed by atoms with Gasteiger partial charge in [0.2, 0.25) is 0 Å². The fourth-order valence-electron chi connectivity index (χ4n) is 1.75. The predicted molar refractivity (Wildman–Crippen MR) is 74.2 cm³/mol. The fraction of sp³-hybridized carbons (Fsp3) is 0.143. The van der Waals surface area contributed by atoms with E-state index in [1.54, 1.807) is 24.3 Å². The van der Waals surface area contributed by atoms with E-state index in [0.29, 0.717) is 17.0 Å². The molecule has 0 fully saturated rings. The van der Waals surface area contributed by atoms with Crippen LogP contribution in [-0.4, -0.2) is 5.11 Å². The molecule has 1 atom stereocenters. The quantitative estimate of drug-likeness (QED) is 0.801. The summed E-state index contributed by atoms with van der Waals surface area (Å²) < 4.78 is 26.3. The number of halogens is 4. The number of benzene rings is 2.